The molecule has 2 amide bonds. The van der Waals surface area contributed by atoms with Crippen LogP contribution in [0.4, 0.5) is 19.4 Å². The van der Waals surface area contributed by atoms with Crippen LogP contribution in [-0.2, 0) is 0 Å². The van der Waals surface area contributed by atoms with Crippen molar-refractivity contribution in [1.29, 1.82) is 0 Å². The predicted molar refractivity (Wildman–Crippen MR) is 80.1 cm³/mol. The zero-order valence-corrected chi connectivity index (χ0v) is 12.9. The molecule has 0 radical (unpaired) electrons. The number of ether oxygens (including phenoxy) is 1. The summed E-state index contributed by atoms with van der Waals surface area (Å²) in [4.78, 5) is 21.3. The van der Waals surface area contributed by atoms with E-state index in [4.69, 9.17) is 4.74 Å². The molecule has 1 heterocycles. The highest BCUT2D eigenvalue weighted by molar-refractivity contribution is 5.88. The standard InChI is InChI=1S/C15H16F2N4O2/c1-9(10-4-5-11(16)12(17)6-10)21(2)15(22)20-13-7-14(23-3)19-8-18-13/h4-9H,1-3H3,(H,18,19,20,22). The second-order valence-corrected chi connectivity index (χ2v) is 4.84. The summed E-state index contributed by atoms with van der Waals surface area (Å²) in [5.74, 6) is -1.30. The molecule has 1 N–H and O–H groups in total. The number of carbonyl (C=O) groups excluding carboxylic acids is 1. The lowest BCUT2D eigenvalue weighted by molar-refractivity contribution is 0.208. The zero-order valence-electron chi connectivity index (χ0n) is 12.9. The van der Waals surface area contributed by atoms with Gasteiger partial charge in [0.25, 0.3) is 0 Å². The highest BCUT2D eigenvalue weighted by Crippen LogP contribution is 2.21. The maximum Gasteiger partial charge on any atom is 0.323 e. The minimum Gasteiger partial charge on any atom is -0.481 e. The van der Waals surface area contributed by atoms with Gasteiger partial charge in [-0.1, -0.05) is 6.07 Å². The molecule has 122 valence electrons. The summed E-state index contributed by atoms with van der Waals surface area (Å²) in [6, 6.07) is 4.07. The van der Waals surface area contributed by atoms with Crippen LogP contribution in [-0.4, -0.2) is 35.1 Å². The molecular formula is C15H16F2N4O2. The largest absolute Gasteiger partial charge is 0.481 e. The Morgan fingerprint density at radius 3 is 2.65 bits per heavy atom. The van der Waals surface area contributed by atoms with Crippen molar-refractivity contribution >= 4 is 11.8 Å². The third-order valence-corrected chi connectivity index (χ3v) is 3.41. The van der Waals surface area contributed by atoms with E-state index in [2.05, 4.69) is 15.3 Å². The third kappa shape index (κ3) is 3.91. The van der Waals surface area contributed by atoms with Crippen molar-refractivity contribution in [1.82, 2.24) is 14.9 Å². The van der Waals surface area contributed by atoms with Gasteiger partial charge in [0.1, 0.15) is 12.1 Å². The monoisotopic (exact) mass is 322 g/mol. The fraction of sp³-hybridized carbons (Fsp3) is 0.267. The topological polar surface area (TPSA) is 67.3 Å². The van der Waals surface area contributed by atoms with Crippen LogP contribution in [0.3, 0.4) is 0 Å². The maximum absolute atomic E-state index is 13.3. The van der Waals surface area contributed by atoms with Crippen LogP contribution < -0.4 is 10.1 Å². The molecule has 1 atom stereocenters. The summed E-state index contributed by atoms with van der Waals surface area (Å²) in [6.07, 6.45) is 1.26. The molecule has 1 unspecified atom stereocenters. The minimum atomic E-state index is -0.955. The number of aromatic nitrogens is 2. The van der Waals surface area contributed by atoms with Crippen LogP contribution in [0.5, 0.6) is 5.88 Å². The summed E-state index contributed by atoms with van der Waals surface area (Å²) in [5.41, 5.74) is 0.474. The molecule has 0 saturated carbocycles. The number of benzene rings is 1. The summed E-state index contributed by atoms with van der Waals surface area (Å²) in [6.45, 7) is 1.70. The number of urea groups is 1. The number of amides is 2. The van der Waals surface area contributed by atoms with Crippen molar-refractivity contribution in [3.05, 3.63) is 47.8 Å². The highest BCUT2D eigenvalue weighted by atomic mass is 19.2. The van der Waals surface area contributed by atoms with Crippen molar-refractivity contribution in [3.8, 4) is 5.88 Å². The number of carbonyl (C=O) groups is 1. The van der Waals surface area contributed by atoms with Crippen molar-refractivity contribution in [2.75, 3.05) is 19.5 Å². The molecule has 23 heavy (non-hydrogen) atoms. The SMILES string of the molecule is COc1cc(NC(=O)N(C)C(C)c2ccc(F)c(F)c2)ncn1. The number of halogens is 2. The first-order chi connectivity index (χ1) is 10.9. The van der Waals surface area contributed by atoms with Gasteiger partial charge in [-0.3, -0.25) is 5.32 Å². The molecule has 0 aliphatic heterocycles. The van der Waals surface area contributed by atoms with Gasteiger partial charge in [0.15, 0.2) is 11.6 Å². The van der Waals surface area contributed by atoms with E-state index in [-0.39, 0.29) is 5.82 Å². The lowest BCUT2D eigenvalue weighted by Gasteiger charge is -2.25. The molecule has 1 aromatic heterocycles. The molecule has 2 rings (SSSR count). The van der Waals surface area contributed by atoms with Gasteiger partial charge in [-0.2, -0.15) is 0 Å². The average Bonchev–Trinajstić information content (AvgIpc) is 2.56. The highest BCUT2D eigenvalue weighted by Gasteiger charge is 2.19. The molecule has 2 aromatic rings. The molecule has 8 heteroatoms. The van der Waals surface area contributed by atoms with Gasteiger partial charge in [0, 0.05) is 13.1 Å². The fourth-order valence-corrected chi connectivity index (χ4v) is 1.89. The number of nitrogens with zero attached hydrogens (tertiary/aromatic N) is 3. The molecule has 0 fully saturated rings. The molecule has 0 aliphatic rings. The van der Waals surface area contributed by atoms with Gasteiger partial charge in [0.05, 0.1) is 13.2 Å². The fourth-order valence-electron chi connectivity index (χ4n) is 1.89. The van der Waals surface area contributed by atoms with Gasteiger partial charge in [0.2, 0.25) is 5.88 Å². The smallest absolute Gasteiger partial charge is 0.323 e. The van der Waals surface area contributed by atoms with E-state index < -0.39 is 23.7 Å². The van der Waals surface area contributed by atoms with Gasteiger partial charge in [-0.25, -0.2) is 23.5 Å². The molecule has 0 spiro atoms. The first-order valence-electron chi connectivity index (χ1n) is 6.77. The lowest BCUT2D eigenvalue weighted by atomic mass is 10.1. The van der Waals surface area contributed by atoms with Crippen LogP contribution in [0, 0.1) is 11.6 Å². The van der Waals surface area contributed by atoms with Crippen molar-refractivity contribution < 1.29 is 18.3 Å². The molecule has 0 aliphatic carbocycles. The Morgan fingerprint density at radius 1 is 1.26 bits per heavy atom. The summed E-state index contributed by atoms with van der Waals surface area (Å²) in [5, 5.41) is 2.58. The lowest BCUT2D eigenvalue weighted by Crippen LogP contribution is -2.34. The second kappa shape index (κ2) is 6.99. The Kier molecular flexibility index (Phi) is 5.05. The minimum absolute atomic E-state index is 0.270. The zero-order chi connectivity index (χ0) is 17.0. The van der Waals surface area contributed by atoms with Gasteiger partial charge < -0.3 is 9.64 Å². The molecule has 6 nitrogen and oxygen atoms in total. The average molecular weight is 322 g/mol. The Balaban J connectivity index is 2.10. The first kappa shape index (κ1) is 16.6. The summed E-state index contributed by atoms with van der Waals surface area (Å²) >= 11 is 0. The third-order valence-electron chi connectivity index (χ3n) is 3.41. The van der Waals surface area contributed by atoms with E-state index in [9.17, 15) is 13.6 Å². The van der Waals surface area contributed by atoms with Crippen molar-refractivity contribution in [2.24, 2.45) is 0 Å². The Morgan fingerprint density at radius 2 is 2.00 bits per heavy atom. The van der Waals surface area contributed by atoms with E-state index in [0.717, 1.165) is 12.1 Å². The van der Waals surface area contributed by atoms with E-state index in [1.165, 1.54) is 30.5 Å². The van der Waals surface area contributed by atoms with E-state index in [0.29, 0.717) is 11.4 Å². The van der Waals surface area contributed by atoms with Crippen LogP contribution >= 0.6 is 0 Å². The summed E-state index contributed by atoms with van der Waals surface area (Å²) < 4.78 is 31.2. The first-order valence-corrected chi connectivity index (χ1v) is 6.77. The number of methoxy groups -OCH3 is 1. The van der Waals surface area contributed by atoms with Gasteiger partial charge in [-0.15, -0.1) is 0 Å². The second-order valence-electron chi connectivity index (χ2n) is 4.84. The van der Waals surface area contributed by atoms with Gasteiger partial charge >= 0.3 is 6.03 Å². The van der Waals surface area contributed by atoms with Crippen LogP contribution in [0.25, 0.3) is 0 Å². The summed E-state index contributed by atoms with van der Waals surface area (Å²) in [7, 11) is 2.99. The normalized spacial score (nSPS) is 11.7. The Hall–Kier alpha value is -2.77. The Bertz CT molecular complexity index is 712. The van der Waals surface area contributed by atoms with E-state index in [1.54, 1.807) is 14.0 Å². The number of nitrogens with one attached hydrogen (secondary N) is 1. The molecule has 0 saturated heterocycles. The molecule has 1 aromatic carbocycles. The van der Waals surface area contributed by atoms with Crippen LogP contribution in [0.2, 0.25) is 0 Å². The van der Waals surface area contributed by atoms with Gasteiger partial charge in [-0.05, 0) is 24.6 Å². The van der Waals surface area contributed by atoms with Crippen LogP contribution in [0.1, 0.15) is 18.5 Å². The number of hydrogen-bond donors (Lipinski definition) is 1. The predicted octanol–water partition coefficient (Wildman–Crippen LogP) is 2.99. The van der Waals surface area contributed by atoms with E-state index in [1.807, 2.05) is 0 Å². The number of hydrogen-bond acceptors (Lipinski definition) is 4. The maximum atomic E-state index is 13.3. The number of rotatable bonds is 4. The van der Waals surface area contributed by atoms with Crippen molar-refractivity contribution in [2.45, 2.75) is 13.0 Å². The molecular weight excluding hydrogens is 306 g/mol. The quantitative estimate of drug-likeness (QED) is 0.939. The Labute approximate surface area is 132 Å². The number of anilines is 1. The van der Waals surface area contributed by atoms with E-state index >= 15 is 0 Å². The molecule has 0 bridgehead atoms. The van der Waals surface area contributed by atoms with Crippen molar-refractivity contribution in [3.63, 3.8) is 0 Å². The van der Waals surface area contributed by atoms with Crippen LogP contribution in [0.15, 0.2) is 30.6 Å².